The molecule has 0 aliphatic carbocycles. The second-order valence-electron chi connectivity index (χ2n) is 10.2. The van der Waals surface area contributed by atoms with Crippen LogP contribution in [-0.2, 0) is 41.5 Å². The third-order valence-corrected chi connectivity index (χ3v) is 8.72. The highest BCUT2D eigenvalue weighted by atomic mass is 32.2. The summed E-state index contributed by atoms with van der Waals surface area (Å²) in [5, 5.41) is -0.458. The van der Waals surface area contributed by atoms with Gasteiger partial charge in [-0.05, 0) is 23.3 Å². The number of ether oxygens (including phenoxy) is 5. The molecular formula is C32H32N2O7S. The lowest BCUT2D eigenvalue weighted by Gasteiger charge is -2.47. The van der Waals surface area contributed by atoms with Gasteiger partial charge in [-0.25, -0.2) is 4.79 Å². The largest absolute Gasteiger partial charge is 0.491 e. The van der Waals surface area contributed by atoms with E-state index in [1.54, 1.807) is 7.05 Å². The Morgan fingerprint density at radius 3 is 1.95 bits per heavy atom. The number of para-hydroxylation sites is 1. The second-order valence-corrected chi connectivity index (χ2v) is 11.4. The molecule has 0 spiro atoms. The Morgan fingerprint density at radius 2 is 1.33 bits per heavy atom. The fourth-order valence-electron chi connectivity index (χ4n) is 5.13. The van der Waals surface area contributed by atoms with E-state index in [1.165, 1.54) is 23.4 Å². The number of benzene rings is 3. The Kier molecular flexibility index (Phi) is 8.48. The summed E-state index contributed by atoms with van der Waals surface area (Å²) in [5.41, 5.74) is 1.11. The third-order valence-electron chi connectivity index (χ3n) is 7.37. The molecule has 2 aliphatic rings. The van der Waals surface area contributed by atoms with Crippen LogP contribution in [0.15, 0.2) is 105 Å². The quantitative estimate of drug-likeness (QED) is 0.291. The predicted octanol–water partition coefficient (Wildman–Crippen LogP) is 3.91. The Balaban J connectivity index is 1.36. The lowest BCUT2D eigenvalue weighted by molar-refractivity contribution is -0.251. The van der Waals surface area contributed by atoms with Gasteiger partial charge >= 0.3 is 5.69 Å². The molecule has 0 saturated carbocycles. The molecule has 3 heterocycles. The van der Waals surface area contributed by atoms with Crippen molar-refractivity contribution in [2.45, 2.75) is 48.0 Å². The Labute approximate surface area is 247 Å². The first-order valence-corrected chi connectivity index (χ1v) is 14.7. The number of rotatable bonds is 9. The maximum Gasteiger partial charge on any atom is 0.333 e. The molecule has 0 radical (unpaired) electrons. The van der Waals surface area contributed by atoms with Gasteiger partial charge in [-0.15, -0.1) is 11.8 Å². The zero-order valence-corrected chi connectivity index (χ0v) is 24.1. The topological polar surface area (TPSA) is 90.2 Å². The lowest BCUT2D eigenvalue weighted by Crippen LogP contribution is -2.62. The second kappa shape index (κ2) is 12.6. The molecule has 0 N–H and O–H groups in total. The van der Waals surface area contributed by atoms with Crippen molar-refractivity contribution in [3.8, 4) is 11.6 Å². The highest BCUT2D eigenvalue weighted by Crippen LogP contribution is 2.44. The summed E-state index contributed by atoms with van der Waals surface area (Å²) >= 11 is 1.30. The minimum absolute atomic E-state index is 0.175. The van der Waals surface area contributed by atoms with Gasteiger partial charge in [-0.3, -0.25) is 13.9 Å². The molecule has 9 nitrogen and oxygen atoms in total. The molecule has 2 aliphatic heterocycles. The van der Waals surface area contributed by atoms with E-state index in [1.807, 2.05) is 91.0 Å². The molecule has 1 fully saturated rings. The van der Waals surface area contributed by atoms with Crippen LogP contribution < -0.4 is 20.7 Å². The van der Waals surface area contributed by atoms with Crippen LogP contribution in [0.5, 0.6) is 11.6 Å². The van der Waals surface area contributed by atoms with Crippen LogP contribution in [0.3, 0.4) is 0 Å². The first-order chi connectivity index (χ1) is 20.5. The predicted molar refractivity (Wildman–Crippen MR) is 158 cm³/mol. The normalized spacial score (nSPS) is 23.0. The van der Waals surface area contributed by atoms with Crippen LogP contribution in [0, 0.1) is 0 Å². The summed E-state index contributed by atoms with van der Waals surface area (Å²) < 4.78 is 34.5. The zero-order valence-electron chi connectivity index (χ0n) is 23.3. The summed E-state index contributed by atoms with van der Waals surface area (Å²) in [5.74, 6) is 0.879. The number of nitrogens with zero attached hydrogens (tertiary/aromatic N) is 2. The first-order valence-electron chi connectivity index (χ1n) is 13.8. The molecule has 42 heavy (non-hydrogen) atoms. The Morgan fingerprint density at radius 1 is 0.762 bits per heavy atom. The number of aromatic nitrogens is 2. The lowest BCUT2D eigenvalue weighted by atomic mass is 10.00. The van der Waals surface area contributed by atoms with Gasteiger partial charge in [0.05, 0.1) is 13.2 Å². The standard InChI is InChI=1S/C32H32N2O7S/c1-33-29(35)28-30(34(2)32(33)36)41-31-27(42-28)26(39-19-22-14-8-4-9-15-22)25(38-18-21-12-6-3-7-13-21)24(40-31)20-37-23-16-10-5-11-17-23/h3-17,24-27,31H,18-20H2,1-2H3/t24-,25-,26+,27+,31+/m1/s1. The zero-order chi connectivity index (χ0) is 29.1. The van der Waals surface area contributed by atoms with Crippen LogP contribution >= 0.6 is 11.8 Å². The maximum absolute atomic E-state index is 13.2. The minimum atomic E-state index is -0.818. The van der Waals surface area contributed by atoms with Gasteiger partial charge in [0.15, 0.2) is 0 Å². The van der Waals surface area contributed by atoms with Crippen molar-refractivity contribution < 1.29 is 23.7 Å². The van der Waals surface area contributed by atoms with Crippen molar-refractivity contribution in [1.82, 2.24) is 9.13 Å². The fraction of sp³-hybridized carbons (Fsp3) is 0.312. The highest BCUT2D eigenvalue weighted by molar-refractivity contribution is 8.00. The summed E-state index contributed by atoms with van der Waals surface area (Å²) in [4.78, 5) is 26.2. The molecule has 0 amide bonds. The van der Waals surface area contributed by atoms with Gasteiger partial charge in [-0.2, -0.15) is 0 Å². The van der Waals surface area contributed by atoms with E-state index in [9.17, 15) is 9.59 Å². The van der Waals surface area contributed by atoms with E-state index >= 15 is 0 Å². The number of hydrogen-bond acceptors (Lipinski definition) is 8. The molecule has 218 valence electrons. The van der Waals surface area contributed by atoms with Crippen LogP contribution in [0.2, 0.25) is 0 Å². The van der Waals surface area contributed by atoms with Crippen molar-refractivity contribution >= 4 is 11.8 Å². The number of fused-ring (bicyclic) bond motifs is 2. The summed E-state index contributed by atoms with van der Waals surface area (Å²) in [6.07, 6.45) is -2.51. The molecule has 4 aromatic rings. The van der Waals surface area contributed by atoms with Crippen LogP contribution in [-0.4, -0.2) is 45.6 Å². The van der Waals surface area contributed by atoms with E-state index in [-0.39, 0.29) is 12.5 Å². The number of hydrogen-bond donors (Lipinski definition) is 0. The molecule has 10 heteroatoms. The van der Waals surface area contributed by atoms with Crippen LogP contribution in [0.1, 0.15) is 11.1 Å². The van der Waals surface area contributed by atoms with E-state index in [0.717, 1.165) is 15.7 Å². The maximum atomic E-state index is 13.2. The summed E-state index contributed by atoms with van der Waals surface area (Å²) in [6, 6.07) is 29.3. The number of thioether (sulfide) groups is 1. The molecular weight excluding hydrogens is 556 g/mol. The molecule has 1 aromatic heterocycles. The van der Waals surface area contributed by atoms with Crippen molar-refractivity contribution in [2.75, 3.05) is 6.61 Å². The average molecular weight is 589 g/mol. The monoisotopic (exact) mass is 588 g/mol. The molecule has 1 saturated heterocycles. The van der Waals surface area contributed by atoms with Gasteiger partial charge < -0.3 is 23.7 Å². The average Bonchev–Trinajstić information content (AvgIpc) is 3.04. The van der Waals surface area contributed by atoms with Crippen molar-refractivity contribution in [3.63, 3.8) is 0 Å². The van der Waals surface area contributed by atoms with Crippen LogP contribution in [0.4, 0.5) is 0 Å². The summed E-state index contributed by atoms with van der Waals surface area (Å²) in [6.45, 7) is 0.830. The van der Waals surface area contributed by atoms with E-state index in [4.69, 9.17) is 23.7 Å². The van der Waals surface area contributed by atoms with Gasteiger partial charge in [0.2, 0.25) is 12.2 Å². The Bertz CT molecular complexity index is 1610. The van der Waals surface area contributed by atoms with E-state index < -0.39 is 41.1 Å². The smallest absolute Gasteiger partial charge is 0.333 e. The van der Waals surface area contributed by atoms with E-state index in [2.05, 4.69) is 0 Å². The first kappa shape index (κ1) is 28.3. The van der Waals surface area contributed by atoms with Gasteiger partial charge in [0.25, 0.3) is 5.56 Å². The molecule has 0 unspecified atom stereocenters. The minimum Gasteiger partial charge on any atom is -0.491 e. The van der Waals surface area contributed by atoms with E-state index in [0.29, 0.717) is 23.9 Å². The van der Waals surface area contributed by atoms with Gasteiger partial charge in [0.1, 0.15) is 40.8 Å². The van der Waals surface area contributed by atoms with Gasteiger partial charge in [-0.1, -0.05) is 78.9 Å². The molecule has 5 atom stereocenters. The highest BCUT2D eigenvalue weighted by Gasteiger charge is 2.52. The molecule has 3 aromatic carbocycles. The van der Waals surface area contributed by atoms with Crippen molar-refractivity contribution in [2.24, 2.45) is 14.1 Å². The van der Waals surface area contributed by atoms with Crippen LogP contribution in [0.25, 0.3) is 0 Å². The summed E-state index contributed by atoms with van der Waals surface area (Å²) in [7, 11) is 3.04. The Hall–Kier alpha value is -3.83. The SMILES string of the molecule is Cn1c2c(c(=O)n(C)c1=O)S[C@@H]1[C@H](O2)O[C@H](COc2ccccc2)[C@@H](OCc2ccccc2)[C@@H]1OCc1ccccc1. The third kappa shape index (κ3) is 5.89. The van der Waals surface area contributed by atoms with Crippen molar-refractivity contribution in [3.05, 3.63) is 123 Å². The fourth-order valence-corrected chi connectivity index (χ4v) is 6.52. The molecule has 0 bridgehead atoms. The van der Waals surface area contributed by atoms with Gasteiger partial charge in [0, 0.05) is 14.1 Å². The van der Waals surface area contributed by atoms with Crippen molar-refractivity contribution in [1.29, 1.82) is 0 Å². The molecule has 6 rings (SSSR count).